The van der Waals surface area contributed by atoms with E-state index in [1.54, 1.807) is 11.3 Å². The highest BCUT2D eigenvalue weighted by Crippen LogP contribution is 2.36. The molecule has 2 aromatic rings. The van der Waals surface area contributed by atoms with Crippen LogP contribution in [0.4, 0.5) is 6.01 Å². The Balaban J connectivity index is 2.52. The van der Waals surface area contributed by atoms with Crippen LogP contribution in [0.2, 0.25) is 0 Å². The lowest BCUT2D eigenvalue weighted by Crippen LogP contribution is -1.90. The largest absolute Gasteiger partial charge is 0.423 e. The second-order valence-corrected chi connectivity index (χ2v) is 5.38. The van der Waals surface area contributed by atoms with Crippen molar-refractivity contribution in [1.82, 2.24) is 4.98 Å². The van der Waals surface area contributed by atoms with Crippen molar-refractivity contribution in [2.24, 2.45) is 0 Å². The first-order valence-electron chi connectivity index (χ1n) is 4.58. The topological polar surface area (TPSA) is 52.0 Å². The van der Waals surface area contributed by atoms with Gasteiger partial charge in [-0.2, -0.15) is 4.98 Å². The van der Waals surface area contributed by atoms with Crippen LogP contribution in [0, 0.1) is 0 Å². The van der Waals surface area contributed by atoms with Crippen LogP contribution >= 0.6 is 27.3 Å². The van der Waals surface area contributed by atoms with Crippen molar-refractivity contribution < 1.29 is 4.42 Å². The Hall–Kier alpha value is -0.810. The number of hydrogen-bond acceptors (Lipinski definition) is 4. The zero-order valence-corrected chi connectivity index (χ0v) is 10.9. The molecule has 0 fully saturated rings. The molecule has 0 radical (unpaired) electrons. The van der Waals surface area contributed by atoms with Gasteiger partial charge < -0.3 is 10.2 Å². The molecule has 5 heteroatoms. The fourth-order valence-corrected chi connectivity index (χ4v) is 2.77. The van der Waals surface area contributed by atoms with Gasteiger partial charge in [0.2, 0.25) is 0 Å². The summed E-state index contributed by atoms with van der Waals surface area (Å²) in [4.78, 5) is 5.25. The Kier molecular flexibility index (Phi) is 2.84. The number of hydrogen-bond donors (Lipinski definition) is 1. The molecular formula is C10H11BrN2OS. The Morgan fingerprint density at radius 3 is 2.80 bits per heavy atom. The molecule has 0 atom stereocenters. The fraction of sp³-hybridized carbons (Fsp3) is 0.300. The summed E-state index contributed by atoms with van der Waals surface area (Å²) < 4.78 is 6.48. The molecule has 0 unspecified atom stereocenters. The molecule has 0 amide bonds. The molecule has 2 heterocycles. The lowest BCUT2D eigenvalue weighted by Gasteiger charge is -2.00. The van der Waals surface area contributed by atoms with Gasteiger partial charge in [0, 0.05) is 9.85 Å². The van der Waals surface area contributed by atoms with Crippen LogP contribution in [0.1, 0.15) is 25.5 Å². The summed E-state index contributed by atoms with van der Waals surface area (Å²) in [6, 6.07) is 2.24. The van der Waals surface area contributed by atoms with Gasteiger partial charge >= 0.3 is 0 Å². The number of nitrogens with two attached hydrogens (primary N) is 1. The number of nitrogen functional groups attached to an aromatic ring is 1. The Morgan fingerprint density at radius 2 is 2.27 bits per heavy atom. The minimum atomic E-state index is 0.234. The van der Waals surface area contributed by atoms with Crippen LogP contribution in [0.15, 0.2) is 20.3 Å². The Bertz CT molecular complexity index is 475. The minimum Gasteiger partial charge on any atom is -0.423 e. The van der Waals surface area contributed by atoms with Gasteiger partial charge in [-0.05, 0) is 27.9 Å². The second-order valence-electron chi connectivity index (χ2n) is 3.55. The van der Waals surface area contributed by atoms with E-state index < -0.39 is 0 Å². The van der Waals surface area contributed by atoms with E-state index in [-0.39, 0.29) is 6.01 Å². The number of oxazole rings is 1. The molecule has 0 bridgehead atoms. The van der Waals surface area contributed by atoms with E-state index in [0.717, 1.165) is 20.8 Å². The Labute approximate surface area is 100 Å². The van der Waals surface area contributed by atoms with E-state index in [0.29, 0.717) is 5.92 Å². The number of nitrogens with zero attached hydrogens (tertiary/aromatic N) is 1. The van der Waals surface area contributed by atoms with Crippen LogP contribution in [0.3, 0.4) is 0 Å². The lowest BCUT2D eigenvalue weighted by atomic mass is 10.1. The number of halogens is 1. The van der Waals surface area contributed by atoms with Crippen LogP contribution in [-0.4, -0.2) is 4.98 Å². The maximum absolute atomic E-state index is 5.58. The number of anilines is 1. The van der Waals surface area contributed by atoms with Gasteiger partial charge in [0.1, 0.15) is 0 Å². The van der Waals surface area contributed by atoms with Crippen molar-refractivity contribution in [2.45, 2.75) is 19.8 Å². The highest BCUT2D eigenvalue weighted by Gasteiger charge is 2.17. The van der Waals surface area contributed by atoms with Gasteiger partial charge in [-0.25, -0.2) is 0 Å². The highest BCUT2D eigenvalue weighted by molar-refractivity contribution is 9.10. The molecule has 2 rings (SSSR count). The van der Waals surface area contributed by atoms with Crippen LogP contribution in [-0.2, 0) is 0 Å². The normalized spacial score (nSPS) is 11.2. The first-order valence-corrected chi connectivity index (χ1v) is 6.25. The molecular weight excluding hydrogens is 276 g/mol. The van der Waals surface area contributed by atoms with Gasteiger partial charge in [-0.3, -0.25) is 0 Å². The molecule has 2 aromatic heterocycles. The van der Waals surface area contributed by atoms with E-state index in [2.05, 4.69) is 34.8 Å². The zero-order chi connectivity index (χ0) is 11.0. The van der Waals surface area contributed by atoms with Crippen LogP contribution < -0.4 is 5.73 Å². The van der Waals surface area contributed by atoms with E-state index in [9.17, 15) is 0 Å². The molecule has 0 aliphatic heterocycles. The molecule has 2 N–H and O–H groups in total. The molecule has 0 aliphatic rings. The average Bonchev–Trinajstić information content (AvgIpc) is 2.71. The number of aromatic nitrogens is 1. The molecule has 0 aliphatic carbocycles. The van der Waals surface area contributed by atoms with Crippen molar-refractivity contribution in [3.8, 4) is 10.6 Å². The SMILES string of the molecule is CC(C)c1nc(N)oc1-c1cc(Br)cs1. The van der Waals surface area contributed by atoms with Crippen molar-refractivity contribution in [3.05, 3.63) is 21.6 Å². The maximum Gasteiger partial charge on any atom is 0.292 e. The van der Waals surface area contributed by atoms with E-state index in [1.807, 2.05) is 11.4 Å². The third kappa shape index (κ3) is 2.08. The van der Waals surface area contributed by atoms with E-state index in [4.69, 9.17) is 10.2 Å². The second kappa shape index (κ2) is 3.98. The predicted molar refractivity (Wildman–Crippen MR) is 66.0 cm³/mol. The molecule has 0 saturated carbocycles. The summed E-state index contributed by atoms with van der Waals surface area (Å²) in [5, 5.41) is 2.01. The van der Waals surface area contributed by atoms with E-state index >= 15 is 0 Å². The van der Waals surface area contributed by atoms with Crippen LogP contribution in [0.5, 0.6) is 0 Å². The quantitative estimate of drug-likeness (QED) is 0.912. The molecule has 15 heavy (non-hydrogen) atoms. The first-order chi connectivity index (χ1) is 7.08. The fourth-order valence-electron chi connectivity index (χ4n) is 1.35. The molecule has 3 nitrogen and oxygen atoms in total. The third-order valence-electron chi connectivity index (χ3n) is 2.01. The number of thiophene rings is 1. The molecule has 0 spiro atoms. The predicted octanol–water partition coefficient (Wildman–Crippen LogP) is 3.87. The van der Waals surface area contributed by atoms with Gasteiger partial charge in [-0.15, -0.1) is 11.3 Å². The van der Waals surface area contributed by atoms with Crippen molar-refractivity contribution in [3.63, 3.8) is 0 Å². The Morgan fingerprint density at radius 1 is 1.53 bits per heavy atom. The summed E-state index contributed by atoms with van der Waals surface area (Å²) in [7, 11) is 0. The monoisotopic (exact) mass is 286 g/mol. The maximum atomic E-state index is 5.58. The summed E-state index contributed by atoms with van der Waals surface area (Å²) >= 11 is 5.03. The van der Waals surface area contributed by atoms with E-state index in [1.165, 1.54) is 0 Å². The molecule has 0 saturated heterocycles. The summed E-state index contributed by atoms with van der Waals surface area (Å²) in [6.45, 7) is 4.15. The van der Waals surface area contributed by atoms with Crippen molar-refractivity contribution in [2.75, 3.05) is 5.73 Å². The zero-order valence-electron chi connectivity index (χ0n) is 8.45. The summed E-state index contributed by atoms with van der Waals surface area (Å²) in [5.41, 5.74) is 6.49. The first kappa shape index (κ1) is 10.7. The standard InChI is InChI=1S/C10H11BrN2OS/c1-5(2)8-9(14-10(12)13-8)7-3-6(11)4-15-7/h3-5H,1-2H3,(H2,12,13). The average molecular weight is 287 g/mol. The van der Waals surface area contributed by atoms with Crippen molar-refractivity contribution >= 4 is 33.3 Å². The van der Waals surface area contributed by atoms with Crippen LogP contribution in [0.25, 0.3) is 10.6 Å². The molecule has 0 aromatic carbocycles. The van der Waals surface area contributed by atoms with Gasteiger partial charge in [0.05, 0.1) is 10.6 Å². The summed E-state index contributed by atoms with van der Waals surface area (Å²) in [5.74, 6) is 1.10. The minimum absolute atomic E-state index is 0.234. The van der Waals surface area contributed by atoms with Gasteiger partial charge in [0.15, 0.2) is 5.76 Å². The highest BCUT2D eigenvalue weighted by atomic mass is 79.9. The number of rotatable bonds is 2. The lowest BCUT2D eigenvalue weighted by molar-refractivity contribution is 0.593. The van der Waals surface area contributed by atoms with Gasteiger partial charge in [0.25, 0.3) is 6.01 Å². The van der Waals surface area contributed by atoms with Gasteiger partial charge in [-0.1, -0.05) is 13.8 Å². The summed E-state index contributed by atoms with van der Waals surface area (Å²) in [6.07, 6.45) is 0. The van der Waals surface area contributed by atoms with Crippen molar-refractivity contribution in [1.29, 1.82) is 0 Å². The third-order valence-corrected chi connectivity index (χ3v) is 3.70. The smallest absolute Gasteiger partial charge is 0.292 e. The molecule has 80 valence electrons.